The van der Waals surface area contributed by atoms with Gasteiger partial charge >= 0.3 is 0 Å². The maximum atomic E-state index is 13.8. The highest BCUT2D eigenvalue weighted by Crippen LogP contribution is 2.71. The predicted octanol–water partition coefficient (Wildman–Crippen LogP) is 4.18. The molecule has 6 nitrogen and oxygen atoms in total. The van der Waals surface area contributed by atoms with E-state index in [-0.39, 0.29) is 11.2 Å². The van der Waals surface area contributed by atoms with Crippen LogP contribution in [0.15, 0.2) is 70.6 Å². The van der Waals surface area contributed by atoms with Gasteiger partial charge in [-0.05, 0) is 49.8 Å². The highest BCUT2D eigenvalue weighted by Gasteiger charge is 2.75. The summed E-state index contributed by atoms with van der Waals surface area (Å²) >= 11 is 0. The van der Waals surface area contributed by atoms with Gasteiger partial charge in [0, 0.05) is 23.9 Å². The molecule has 4 aliphatic rings. The van der Waals surface area contributed by atoms with Gasteiger partial charge in [-0.3, -0.25) is 9.79 Å². The lowest BCUT2D eigenvalue weighted by atomic mass is 9.38. The quantitative estimate of drug-likeness (QED) is 0.585. The Morgan fingerprint density at radius 1 is 1.03 bits per heavy atom. The van der Waals surface area contributed by atoms with E-state index < -0.39 is 21.1 Å². The van der Waals surface area contributed by atoms with Gasteiger partial charge in [0.1, 0.15) is 11.4 Å². The third kappa shape index (κ3) is 3.69. The predicted molar refractivity (Wildman–Crippen MR) is 133 cm³/mol. The third-order valence-corrected chi connectivity index (χ3v) is 9.66. The van der Waals surface area contributed by atoms with Crippen LogP contribution in [0, 0.1) is 11.3 Å². The lowest BCUT2D eigenvalue weighted by molar-refractivity contribution is -0.151. The summed E-state index contributed by atoms with van der Waals surface area (Å²) in [5, 5.41) is 3.46. The first kappa shape index (κ1) is 23.2. The highest BCUT2D eigenvalue weighted by atomic mass is 32.2. The van der Waals surface area contributed by atoms with Crippen molar-refractivity contribution in [3.63, 3.8) is 0 Å². The van der Waals surface area contributed by atoms with Crippen molar-refractivity contribution in [1.29, 1.82) is 0 Å². The summed E-state index contributed by atoms with van der Waals surface area (Å²) in [5.41, 5.74) is -0.224. The minimum absolute atomic E-state index is 0.142. The Kier molecular flexibility index (Phi) is 5.48. The van der Waals surface area contributed by atoms with E-state index in [2.05, 4.69) is 19.2 Å². The summed E-state index contributed by atoms with van der Waals surface area (Å²) in [6, 6.07) is 18.5. The number of sulfonamides is 1. The number of carbonyl (C=O) groups excluding carboxylic acids is 1. The average molecular weight is 480 g/mol. The molecule has 0 spiro atoms. The summed E-state index contributed by atoms with van der Waals surface area (Å²) in [6.45, 7) is 6.85. The van der Waals surface area contributed by atoms with Crippen LogP contribution in [-0.2, 0) is 21.4 Å². The standard InChI is InChI=1S/C27H33N3O3S/c1-20(2)14-23(31)25(3)19-28-24(29-25)26-16-27(17-26,18-26)30(15-21-10-6-4-7-11-21)34(32,33)22-12-8-5-9-13-22/h4-13,20H,14-19H2,1-3H3,(H,28,29)/t25-,26?,27?/m1/s1. The van der Waals surface area contributed by atoms with E-state index in [1.807, 2.05) is 43.3 Å². The Morgan fingerprint density at radius 2 is 1.62 bits per heavy atom. The first-order chi connectivity index (χ1) is 16.1. The molecule has 1 N–H and O–H groups in total. The number of nitrogens with one attached hydrogen (secondary N) is 1. The molecule has 0 amide bonds. The minimum atomic E-state index is -3.66. The molecular formula is C27H33N3O3S. The van der Waals surface area contributed by atoms with E-state index in [0.717, 1.165) is 30.7 Å². The molecule has 3 saturated carbocycles. The molecule has 2 bridgehead atoms. The highest BCUT2D eigenvalue weighted by molar-refractivity contribution is 7.89. The number of Topliss-reactive ketones (excluding diaryl/α,β-unsaturated/α-hetero) is 1. The zero-order valence-electron chi connectivity index (χ0n) is 20.1. The van der Waals surface area contributed by atoms with Crippen LogP contribution in [0.1, 0.15) is 52.0 Å². The SMILES string of the molecule is CC(C)CC(=O)[C@@]1(C)CN=C(C23CC(N(Cc4ccccc4)S(=O)(=O)c4ccccc4)(C2)C3)N1. The molecule has 1 heterocycles. The zero-order valence-corrected chi connectivity index (χ0v) is 20.9. The van der Waals surface area contributed by atoms with Gasteiger partial charge in [-0.25, -0.2) is 8.42 Å². The molecule has 180 valence electrons. The van der Waals surface area contributed by atoms with Crippen molar-refractivity contribution >= 4 is 21.6 Å². The van der Waals surface area contributed by atoms with Gasteiger partial charge in [0.05, 0.1) is 11.4 Å². The van der Waals surface area contributed by atoms with Crippen LogP contribution >= 0.6 is 0 Å². The van der Waals surface area contributed by atoms with Crippen molar-refractivity contribution in [2.75, 3.05) is 6.54 Å². The summed E-state index contributed by atoms with van der Waals surface area (Å²) in [5.74, 6) is 1.40. The molecule has 7 heteroatoms. The monoisotopic (exact) mass is 479 g/mol. The van der Waals surface area contributed by atoms with Crippen LogP contribution < -0.4 is 5.32 Å². The second-order valence-electron chi connectivity index (χ2n) is 11.0. The molecule has 1 aliphatic heterocycles. The molecule has 0 aromatic heterocycles. The summed E-state index contributed by atoms with van der Waals surface area (Å²) < 4.78 is 29.2. The first-order valence-electron chi connectivity index (χ1n) is 12.1. The average Bonchev–Trinajstić information content (AvgIpc) is 3.15. The molecule has 0 saturated heterocycles. The number of rotatable bonds is 9. The number of benzene rings is 2. The number of ketones is 1. The fourth-order valence-corrected chi connectivity index (χ4v) is 7.64. The van der Waals surface area contributed by atoms with E-state index in [4.69, 9.17) is 4.99 Å². The largest absolute Gasteiger partial charge is 0.360 e. The number of carbonyl (C=O) groups is 1. The van der Waals surface area contributed by atoms with Crippen LogP contribution in [0.3, 0.4) is 0 Å². The molecule has 0 unspecified atom stereocenters. The Balaban J connectivity index is 1.36. The molecule has 3 aliphatic carbocycles. The van der Waals surface area contributed by atoms with Gasteiger partial charge in [-0.2, -0.15) is 4.31 Å². The van der Waals surface area contributed by atoms with Crippen molar-refractivity contribution in [2.24, 2.45) is 16.3 Å². The second kappa shape index (κ2) is 8.02. The van der Waals surface area contributed by atoms with Gasteiger partial charge in [0.15, 0.2) is 5.78 Å². The van der Waals surface area contributed by atoms with Gasteiger partial charge in [-0.1, -0.05) is 62.4 Å². The second-order valence-corrected chi connectivity index (χ2v) is 12.9. The smallest absolute Gasteiger partial charge is 0.243 e. The summed E-state index contributed by atoms with van der Waals surface area (Å²) in [4.78, 5) is 17.9. The van der Waals surface area contributed by atoms with Crippen LogP contribution in [-0.4, -0.2) is 42.0 Å². The Morgan fingerprint density at radius 3 is 2.21 bits per heavy atom. The molecule has 3 fully saturated rings. The zero-order chi connectivity index (χ0) is 24.2. The van der Waals surface area contributed by atoms with E-state index in [1.54, 1.807) is 28.6 Å². The van der Waals surface area contributed by atoms with E-state index in [0.29, 0.717) is 30.3 Å². The normalized spacial score (nSPS) is 29.9. The van der Waals surface area contributed by atoms with Crippen LogP contribution in [0.25, 0.3) is 0 Å². The number of hydrogen-bond donors (Lipinski definition) is 1. The van der Waals surface area contributed by atoms with Gasteiger partial charge in [-0.15, -0.1) is 0 Å². The fourth-order valence-electron chi connectivity index (χ4n) is 5.86. The van der Waals surface area contributed by atoms with Gasteiger partial charge in [0.25, 0.3) is 0 Å². The van der Waals surface area contributed by atoms with Gasteiger partial charge < -0.3 is 5.32 Å². The molecule has 0 radical (unpaired) electrons. The lowest BCUT2D eigenvalue weighted by Crippen LogP contribution is -2.78. The molecule has 2 aromatic rings. The lowest BCUT2D eigenvalue weighted by Gasteiger charge is -2.73. The van der Waals surface area contributed by atoms with E-state index in [1.165, 1.54) is 0 Å². The molecule has 1 atom stereocenters. The maximum Gasteiger partial charge on any atom is 0.243 e. The Labute approximate surface area is 202 Å². The minimum Gasteiger partial charge on any atom is -0.360 e. The van der Waals surface area contributed by atoms with Crippen molar-refractivity contribution in [3.8, 4) is 0 Å². The Bertz CT molecular complexity index is 1200. The van der Waals surface area contributed by atoms with Crippen molar-refractivity contribution in [2.45, 2.75) is 69.0 Å². The fraction of sp³-hybridized carbons (Fsp3) is 0.481. The first-order valence-corrected chi connectivity index (χ1v) is 13.5. The van der Waals surface area contributed by atoms with Crippen molar-refractivity contribution in [1.82, 2.24) is 9.62 Å². The third-order valence-electron chi connectivity index (χ3n) is 7.69. The van der Waals surface area contributed by atoms with Crippen molar-refractivity contribution < 1.29 is 13.2 Å². The number of aliphatic imine (C=N–C) groups is 1. The summed E-state index contributed by atoms with van der Waals surface area (Å²) in [6.07, 6.45) is 2.74. The van der Waals surface area contributed by atoms with Crippen LogP contribution in [0.4, 0.5) is 0 Å². The van der Waals surface area contributed by atoms with Crippen LogP contribution in [0.5, 0.6) is 0 Å². The van der Waals surface area contributed by atoms with Gasteiger partial charge in [0.2, 0.25) is 10.0 Å². The number of hydrogen-bond acceptors (Lipinski definition) is 5. The van der Waals surface area contributed by atoms with Crippen LogP contribution in [0.2, 0.25) is 0 Å². The van der Waals surface area contributed by atoms with E-state index in [9.17, 15) is 13.2 Å². The maximum absolute atomic E-state index is 13.8. The molecule has 2 aromatic carbocycles. The molecule has 6 rings (SSSR count). The van der Waals surface area contributed by atoms with E-state index >= 15 is 0 Å². The molecular weight excluding hydrogens is 446 g/mol. The topological polar surface area (TPSA) is 78.8 Å². The van der Waals surface area contributed by atoms with Crippen molar-refractivity contribution in [3.05, 3.63) is 66.2 Å². The molecule has 34 heavy (non-hydrogen) atoms. The summed E-state index contributed by atoms with van der Waals surface area (Å²) in [7, 11) is -3.66. The number of nitrogens with zero attached hydrogens (tertiary/aromatic N) is 2. The Hall–Kier alpha value is -2.51. The number of amidine groups is 1.